The molecule has 0 bridgehead atoms. The zero-order valence-electron chi connectivity index (χ0n) is 17.5. The van der Waals surface area contributed by atoms with Gasteiger partial charge in [-0.15, -0.1) is 11.7 Å². The number of amides is 1. The Morgan fingerprint density at radius 3 is 2.62 bits per heavy atom. The molecule has 2 aromatic carbocycles. The van der Waals surface area contributed by atoms with E-state index in [9.17, 15) is 4.79 Å². The van der Waals surface area contributed by atoms with E-state index in [2.05, 4.69) is 37.2 Å². The second-order valence-corrected chi connectivity index (χ2v) is 8.66. The van der Waals surface area contributed by atoms with Gasteiger partial charge in [0.15, 0.2) is 0 Å². The van der Waals surface area contributed by atoms with Crippen molar-refractivity contribution in [1.82, 2.24) is 25.1 Å². The summed E-state index contributed by atoms with van der Waals surface area (Å²) < 4.78 is 1.59. The van der Waals surface area contributed by atoms with E-state index < -0.39 is 0 Å². The summed E-state index contributed by atoms with van der Waals surface area (Å²) in [6.45, 7) is 8.47. The standard InChI is InChI=1S/C22H24ClN7OS/c1-2-11-28-12-14-29(15-13-28)20-6-4-3-5-19(20)24-21(31)16-32-22-25-26-27-30(22)18-9-7-17(23)8-10-18/h2-10H,1,11-16H2,(H,24,31). The fourth-order valence-corrected chi connectivity index (χ4v) is 4.36. The number of hydrogen-bond donors (Lipinski definition) is 1. The predicted octanol–water partition coefficient (Wildman–Crippen LogP) is 3.35. The maximum Gasteiger partial charge on any atom is 0.234 e. The molecule has 10 heteroatoms. The van der Waals surface area contributed by atoms with Crippen molar-refractivity contribution in [1.29, 1.82) is 0 Å². The van der Waals surface area contributed by atoms with Crippen molar-refractivity contribution < 1.29 is 4.79 Å². The van der Waals surface area contributed by atoms with Crippen LogP contribution in [0.2, 0.25) is 5.02 Å². The first kappa shape index (κ1) is 22.3. The topological polar surface area (TPSA) is 79.2 Å². The molecule has 0 aliphatic carbocycles. The number of nitrogens with zero attached hydrogens (tertiary/aromatic N) is 6. The van der Waals surface area contributed by atoms with E-state index in [1.807, 2.05) is 42.5 Å². The SMILES string of the molecule is C=CCN1CCN(c2ccccc2NC(=O)CSc2nnnn2-c2ccc(Cl)cc2)CC1. The Morgan fingerprint density at radius 1 is 1.12 bits per heavy atom. The number of carbonyl (C=O) groups is 1. The van der Waals surface area contributed by atoms with Crippen molar-refractivity contribution >= 4 is 40.6 Å². The normalized spacial score (nSPS) is 14.3. The molecule has 0 radical (unpaired) electrons. The minimum atomic E-state index is -0.113. The third kappa shape index (κ3) is 5.48. The third-order valence-electron chi connectivity index (χ3n) is 5.12. The Bertz CT molecular complexity index is 1060. The van der Waals surface area contributed by atoms with Gasteiger partial charge in [0.25, 0.3) is 0 Å². The average Bonchev–Trinajstić information content (AvgIpc) is 3.28. The molecule has 1 aromatic heterocycles. The van der Waals surface area contributed by atoms with Gasteiger partial charge in [0, 0.05) is 37.7 Å². The largest absolute Gasteiger partial charge is 0.367 e. The molecule has 0 saturated carbocycles. The van der Waals surface area contributed by atoms with E-state index in [0.717, 1.165) is 49.8 Å². The number of piperazine rings is 1. The number of aromatic nitrogens is 4. The van der Waals surface area contributed by atoms with Gasteiger partial charge in [-0.25, -0.2) is 0 Å². The van der Waals surface area contributed by atoms with Gasteiger partial charge in [-0.1, -0.05) is 41.6 Å². The number of hydrogen-bond acceptors (Lipinski definition) is 7. The number of tetrazole rings is 1. The monoisotopic (exact) mass is 469 g/mol. The molecule has 32 heavy (non-hydrogen) atoms. The molecule has 4 rings (SSSR count). The van der Waals surface area contributed by atoms with E-state index in [-0.39, 0.29) is 11.7 Å². The lowest BCUT2D eigenvalue weighted by Crippen LogP contribution is -2.46. The van der Waals surface area contributed by atoms with Crippen LogP contribution >= 0.6 is 23.4 Å². The van der Waals surface area contributed by atoms with Gasteiger partial charge < -0.3 is 10.2 Å². The van der Waals surface area contributed by atoms with Crippen molar-refractivity contribution in [3.05, 3.63) is 66.2 Å². The van der Waals surface area contributed by atoms with Crippen molar-refractivity contribution in [2.24, 2.45) is 0 Å². The van der Waals surface area contributed by atoms with Gasteiger partial charge in [-0.2, -0.15) is 4.68 Å². The molecule has 1 fully saturated rings. The minimum absolute atomic E-state index is 0.113. The van der Waals surface area contributed by atoms with E-state index in [4.69, 9.17) is 11.6 Å². The number of anilines is 2. The van der Waals surface area contributed by atoms with Gasteiger partial charge in [0.2, 0.25) is 11.1 Å². The highest BCUT2D eigenvalue weighted by molar-refractivity contribution is 7.99. The Kier molecular flexibility index (Phi) is 7.41. The lowest BCUT2D eigenvalue weighted by molar-refractivity contribution is -0.113. The zero-order chi connectivity index (χ0) is 22.3. The molecule has 1 N–H and O–H groups in total. The summed E-state index contributed by atoms with van der Waals surface area (Å²) in [5, 5.41) is 16.0. The lowest BCUT2D eigenvalue weighted by Gasteiger charge is -2.36. The summed E-state index contributed by atoms with van der Waals surface area (Å²) in [5.41, 5.74) is 2.63. The second kappa shape index (κ2) is 10.6. The van der Waals surface area contributed by atoms with Crippen molar-refractivity contribution in [3.63, 3.8) is 0 Å². The summed E-state index contributed by atoms with van der Waals surface area (Å²) >= 11 is 7.23. The van der Waals surface area contributed by atoms with Crippen molar-refractivity contribution in [3.8, 4) is 5.69 Å². The quantitative estimate of drug-likeness (QED) is 0.400. The fourth-order valence-electron chi connectivity index (χ4n) is 3.54. The molecule has 1 aliphatic rings. The molecular formula is C22H24ClN7OS. The van der Waals surface area contributed by atoms with Gasteiger partial charge in [-0.05, 0) is 46.8 Å². The smallest absolute Gasteiger partial charge is 0.234 e. The highest BCUT2D eigenvalue weighted by Gasteiger charge is 2.19. The summed E-state index contributed by atoms with van der Waals surface area (Å²) in [7, 11) is 0. The molecule has 166 valence electrons. The van der Waals surface area contributed by atoms with Gasteiger partial charge in [-0.3, -0.25) is 9.69 Å². The second-order valence-electron chi connectivity index (χ2n) is 7.28. The highest BCUT2D eigenvalue weighted by Crippen LogP contribution is 2.27. The number of halogens is 1. The maximum absolute atomic E-state index is 12.7. The molecule has 2 heterocycles. The van der Waals surface area contributed by atoms with Crippen molar-refractivity contribution in [2.75, 3.05) is 48.7 Å². The van der Waals surface area contributed by atoms with Crippen LogP contribution in [0.4, 0.5) is 11.4 Å². The van der Waals surface area contributed by atoms with E-state index >= 15 is 0 Å². The number of para-hydroxylation sites is 2. The minimum Gasteiger partial charge on any atom is -0.367 e. The zero-order valence-corrected chi connectivity index (χ0v) is 19.1. The maximum atomic E-state index is 12.7. The molecule has 0 unspecified atom stereocenters. The predicted molar refractivity (Wildman–Crippen MR) is 129 cm³/mol. The molecule has 0 atom stereocenters. The Hall–Kier alpha value is -2.88. The van der Waals surface area contributed by atoms with Crippen LogP contribution in [-0.4, -0.2) is 69.5 Å². The molecule has 0 spiro atoms. The van der Waals surface area contributed by atoms with Crippen LogP contribution in [0.15, 0.2) is 66.3 Å². The molecular weight excluding hydrogens is 446 g/mol. The molecule has 8 nitrogen and oxygen atoms in total. The van der Waals surface area contributed by atoms with Gasteiger partial charge >= 0.3 is 0 Å². The van der Waals surface area contributed by atoms with Crippen LogP contribution in [0.3, 0.4) is 0 Å². The van der Waals surface area contributed by atoms with E-state index in [1.54, 1.807) is 16.8 Å². The third-order valence-corrected chi connectivity index (χ3v) is 6.29. The fraction of sp³-hybridized carbons (Fsp3) is 0.273. The Balaban J connectivity index is 1.37. The summed E-state index contributed by atoms with van der Waals surface area (Å²) in [5.74, 6) is 0.0773. The van der Waals surface area contributed by atoms with Crippen LogP contribution in [0, 0.1) is 0 Å². The molecule has 1 aliphatic heterocycles. The molecule has 1 saturated heterocycles. The first-order chi connectivity index (χ1) is 15.6. The summed E-state index contributed by atoms with van der Waals surface area (Å²) in [4.78, 5) is 17.4. The number of carbonyl (C=O) groups excluding carboxylic acids is 1. The summed E-state index contributed by atoms with van der Waals surface area (Å²) in [6.07, 6.45) is 1.94. The number of benzene rings is 2. The molecule has 3 aromatic rings. The Labute approximate surface area is 196 Å². The van der Waals surface area contributed by atoms with Crippen LogP contribution in [-0.2, 0) is 4.79 Å². The van der Waals surface area contributed by atoms with Crippen LogP contribution in [0.5, 0.6) is 0 Å². The van der Waals surface area contributed by atoms with E-state index in [1.165, 1.54) is 11.8 Å². The first-order valence-electron chi connectivity index (χ1n) is 10.3. The van der Waals surface area contributed by atoms with Crippen LogP contribution in [0.1, 0.15) is 0 Å². The van der Waals surface area contributed by atoms with Gasteiger partial charge in [0.1, 0.15) is 0 Å². The highest BCUT2D eigenvalue weighted by atomic mass is 35.5. The molecule has 1 amide bonds. The summed E-state index contributed by atoms with van der Waals surface area (Å²) in [6, 6.07) is 15.1. The van der Waals surface area contributed by atoms with Gasteiger partial charge in [0.05, 0.1) is 22.8 Å². The number of nitrogens with one attached hydrogen (secondary N) is 1. The first-order valence-corrected chi connectivity index (χ1v) is 11.6. The van der Waals surface area contributed by atoms with Crippen LogP contribution in [0.25, 0.3) is 5.69 Å². The van der Waals surface area contributed by atoms with Crippen LogP contribution < -0.4 is 10.2 Å². The van der Waals surface area contributed by atoms with E-state index in [0.29, 0.717) is 10.2 Å². The lowest BCUT2D eigenvalue weighted by atomic mass is 10.2. The average molecular weight is 470 g/mol. The Morgan fingerprint density at radius 2 is 1.88 bits per heavy atom. The number of rotatable bonds is 8. The van der Waals surface area contributed by atoms with Crippen molar-refractivity contribution in [2.45, 2.75) is 5.16 Å². The number of thioether (sulfide) groups is 1.